The molecule has 1 aromatic carbocycles. The van der Waals surface area contributed by atoms with Crippen molar-refractivity contribution in [1.29, 1.82) is 0 Å². The standard InChI is InChI=1S/C20H26S/c1-12(2)15-7-9-16(10-8-15)13(3)18-14(4)17-11-20(5,6)19(17)21-18/h7-10,12-13H,11H2,1-6H3. The van der Waals surface area contributed by atoms with Gasteiger partial charge in [-0.2, -0.15) is 0 Å². The van der Waals surface area contributed by atoms with Gasteiger partial charge in [0.25, 0.3) is 0 Å². The number of rotatable bonds is 3. The van der Waals surface area contributed by atoms with Crippen molar-refractivity contribution in [2.45, 2.75) is 65.2 Å². The highest BCUT2D eigenvalue weighted by atomic mass is 32.1. The summed E-state index contributed by atoms with van der Waals surface area (Å²) in [6.07, 6.45) is 1.25. The van der Waals surface area contributed by atoms with E-state index in [0.29, 0.717) is 17.3 Å². The highest BCUT2D eigenvalue weighted by Gasteiger charge is 2.39. The average molecular weight is 298 g/mol. The Labute approximate surface area is 133 Å². The lowest BCUT2D eigenvalue weighted by Gasteiger charge is -2.35. The summed E-state index contributed by atoms with van der Waals surface area (Å²) in [4.78, 5) is 3.20. The first-order valence-electron chi connectivity index (χ1n) is 8.03. The summed E-state index contributed by atoms with van der Waals surface area (Å²) in [5.74, 6) is 1.12. The van der Waals surface area contributed by atoms with E-state index in [1.54, 1.807) is 20.9 Å². The van der Waals surface area contributed by atoms with Gasteiger partial charge < -0.3 is 0 Å². The van der Waals surface area contributed by atoms with E-state index in [1.165, 1.54) is 17.5 Å². The molecule has 0 N–H and O–H groups in total. The summed E-state index contributed by atoms with van der Waals surface area (Å²) >= 11 is 2.05. The van der Waals surface area contributed by atoms with Crippen LogP contribution in [0.15, 0.2) is 24.3 Å². The van der Waals surface area contributed by atoms with Crippen LogP contribution in [0.25, 0.3) is 0 Å². The van der Waals surface area contributed by atoms with Gasteiger partial charge in [-0.1, -0.05) is 58.9 Å². The van der Waals surface area contributed by atoms with E-state index in [0.717, 1.165) is 0 Å². The number of hydrogen-bond donors (Lipinski definition) is 0. The molecule has 0 radical (unpaired) electrons. The predicted molar refractivity (Wildman–Crippen MR) is 93.8 cm³/mol. The van der Waals surface area contributed by atoms with Gasteiger partial charge in [0.15, 0.2) is 0 Å². The van der Waals surface area contributed by atoms with Crippen LogP contribution in [0.5, 0.6) is 0 Å². The van der Waals surface area contributed by atoms with Crippen molar-refractivity contribution in [2.75, 3.05) is 0 Å². The molecule has 0 saturated carbocycles. The van der Waals surface area contributed by atoms with Crippen LogP contribution in [0.4, 0.5) is 0 Å². The van der Waals surface area contributed by atoms with Gasteiger partial charge in [0, 0.05) is 21.1 Å². The van der Waals surface area contributed by atoms with Crippen molar-refractivity contribution in [3.05, 3.63) is 56.3 Å². The molecule has 3 rings (SSSR count). The predicted octanol–water partition coefficient (Wildman–Crippen LogP) is 6.17. The number of thiophene rings is 1. The molecule has 2 aromatic rings. The molecule has 1 heterocycles. The van der Waals surface area contributed by atoms with Gasteiger partial charge in [-0.25, -0.2) is 0 Å². The Bertz CT molecular complexity index is 656. The molecule has 1 atom stereocenters. The maximum Gasteiger partial charge on any atom is 0.0158 e. The first kappa shape index (κ1) is 14.8. The minimum atomic E-state index is 0.407. The van der Waals surface area contributed by atoms with Gasteiger partial charge in [0.05, 0.1) is 0 Å². The molecule has 0 nitrogen and oxygen atoms in total. The van der Waals surface area contributed by atoms with E-state index >= 15 is 0 Å². The minimum absolute atomic E-state index is 0.407. The molecule has 1 aromatic heterocycles. The fourth-order valence-corrected chi connectivity index (χ4v) is 4.98. The Morgan fingerprint density at radius 2 is 1.57 bits per heavy atom. The molecule has 112 valence electrons. The highest BCUT2D eigenvalue weighted by molar-refractivity contribution is 7.12. The average Bonchev–Trinajstić information content (AvgIpc) is 2.72. The largest absolute Gasteiger partial charge is 0.144 e. The Hall–Kier alpha value is -1.08. The van der Waals surface area contributed by atoms with E-state index < -0.39 is 0 Å². The fraction of sp³-hybridized carbons (Fsp3) is 0.500. The molecule has 1 unspecified atom stereocenters. The topological polar surface area (TPSA) is 0 Å². The molecule has 1 aliphatic carbocycles. The maximum absolute atomic E-state index is 2.37. The molecule has 0 saturated heterocycles. The maximum atomic E-state index is 2.37. The van der Waals surface area contributed by atoms with E-state index in [1.807, 2.05) is 11.3 Å². The lowest BCUT2D eigenvalue weighted by molar-refractivity contribution is 0.468. The van der Waals surface area contributed by atoms with Crippen molar-refractivity contribution < 1.29 is 0 Å². The fourth-order valence-electron chi connectivity index (χ4n) is 3.48. The van der Waals surface area contributed by atoms with Gasteiger partial charge >= 0.3 is 0 Å². The SMILES string of the molecule is Cc1c(C(C)c2ccc(C(C)C)cc2)sc2c1CC2(C)C. The van der Waals surface area contributed by atoms with Crippen LogP contribution in [-0.2, 0) is 11.8 Å². The second kappa shape index (κ2) is 4.98. The lowest BCUT2D eigenvalue weighted by Crippen LogP contribution is -2.30. The monoisotopic (exact) mass is 298 g/mol. The van der Waals surface area contributed by atoms with Gasteiger partial charge in [-0.15, -0.1) is 11.3 Å². The van der Waals surface area contributed by atoms with Crippen molar-refractivity contribution in [3.8, 4) is 0 Å². The third-order valence-electron chi connectivity index (χ3n) is 5.04. The van der Waals surface area contributed by atoms with E-state index in [-0.39, 0.29) is 0 Å². The second-order valence-electron chi connectivity index (χ2n) is 7.50. The zero-order chi connectivity index (χ0) is 15.4. The normalized spacial score (nSPS) is 17.5. The minimum Gasteiger partial charge on any atom is -0.144 e. The molecule has 0 spiro atoms. The van der Waals surface area contributed by atoms with Crippen LogP contribution in [0.1, 0.15) is 78.5 Å². The van der Waals surface area contributed by atoms with E-state index in [2.05, 4.69) is 65.8 Å². The Morgan fingerprint density at radius 3 is 2.05 bits per heavy atom. The van der Waals surface area contributed by atoms with Crippen molar-refractivity contribution in [3.63, 3.8) is 0 Å². The Kier molecular flexibility index (Phi) is 3.52. The summed E-state index contributed by atoms with van der Waals surface area (Å²) in [6, 6.07) is 9.23. The summed E-state index contributed by atoms with van der Waals surface area (Å²) < 4.78 is 0. The van der Waals surface area contributed by atoms with E-state index in [4.69, 9.17) is 0 Å². The third-order valence-corrected chi connectivity index (χ3v) is 6.92. The quantitative estimate of drug-likeness (QED) is 0.636. The molecular formula is C20H26S. The summed E-state index contributed by atoms with van der Waals surface area (Å²) in [6.45, 7) is 13.9. The smallest absolute Gasteiger partial charge is 0.0158 e. The summed E-state index contributed by atoms with van der Waals surface area (Å²) in [5.41, 5.74) is 6.46. The van der Waals surface area contributed by atoms with Gasteiger partial charge in [0.2, 0.25) is 0 Å². The molecule has 0 bridgehead atoms. The Balaban J connectivity index is 1.92. The van der Waals surface area contributed by atoms with Crippen molar-refractivity contribution >= 4 is 11.3 Å². The molecule has 1 aliphatic rings. The molecule has 0 aliphatic heterocycles. The molecule has 0 fully saturated rings. The van der Waals surface area contributed by atoms with Crippen LogP contribution in [0, 0.1) is 6.92 Å². The van der Waals surface area contributed by atoms with Crippen molar-refractivity contribution in [2.24, 2.45) is 0 Å². The molecule has 0 amide bonds. The van der Waals surface area contributed by atoms with Crippen LogP contribution in [0.2, 0.25) is 0 Å². The lowest BCUT2D eigenvalue weighted by atomic mass is 9.71. The van der Waals surface area contributed by atoms with E-state index in [9.17, 15) is 0 Å². The van der Waals surface area contributed by atoms with Crippen LogP contribution in [0.3, 0.4) is 0 Å². The van der Waals surface area contributed by atoms with Gasteiger partial charge in [0.1, 0.15) is 0 Å². The highest BCUT2D eigenvalue weighted by Crippen LogP contribution is 2.50. The zero-order valence-electron chi connectivity index (χ0n) is 14.1. The Morgan fingerprint density at radius 1 is 1.00 bits per heavy atom. The molecule has 1 heteroatoms. The third kappa shape index (κ3) is 2.36. The first-order valence-corrected chi connectivity index (χ1v) is 8.85. The molecular weight excluding hydrogens is 272 g/mol. The van der Waals surface area contributed by atoms with Crippen LogP contribution >= 0.6 is 11.3 Å². The summed E-state index contributed by atoms with van der Waals surface area (Å²) in [7, 11) is 0. The second-order valence-corrected chi connectivity index (χ2v) is 8.55. The van der Waals surface area contributed by atoms with Gasteiger partial charge in [-0.05, 0) is 41.5 Å². The zero-order valence-corrected chi connectivity index (χ0v) is 14.9. The number of hydrogen-bond acceptors (Lipinski definition) is 1. The first-order chi connectivity index (χ1) is 9.81. The molecule has 21 heavy (non-hydrogen) atoms. The number of benzene rings is 1. The van der Waals surface area contributed by atoms with Crippen LogP contribution in [-0.4, -0.2) is 0 Å². The van der Waals surface area contributed by atoms with Crippen LogP contribution < -0.4 is 0 Å². The number of fused-ring (bicyclic) bond motifs is 1. The van der Waals surface area contributed by atoms with Crippen molar-refractivity contribution in [1.82, 2.24) is 0 Å². The summed E-state index contributed by atoms with van der Waals surface area (Å²) in [5, 5.41) is 0. The van der Waals surface area contributed by atoms with Gasteiger partial charge in [-0.3, -0.25) is 0 Å².